The Hall–Kier alpha value is -1.55. The normalized spacial score (nSPS) is 20.4. The third kappa shape index (κ3) is 4.05. The van der Waals surface area contributed by atoms with Gasteiger partial charge >= 0.3 is 0 Å². The summed E-state index contributed by atoms with van der Waals surface area (Å²) in [7, 11) is 0. The van der Waals surface area contributed by atoms with E-state index in [9.17, 15) is 0 Å². The average Bonchev–Trinajstić information content (AvgIpc) is 3.12. The highest BCUT2D eigenvalue weighted by Crippen LogP contribution is 2.20. The van der Waals surface area contributed by atoms with Gasteiger partial charge < -0.3 is 10.2 Å². The predicted molar refractivity (Wildman–Crippen MR) is 96.8 cm³/mol. The maximum absolute atomic E-state index is 4.92. The van der Waals surface area contributed by atoms with Crippen molar-refractivity contribution in [3.05, 3.63) is 35.4 Å². The van der Waals surface area contributed by atoms with Crippen LogP contribution in [0.15, 0.2) is 29.3 Å². The molecule has 1 unspecified atom stereocenters. The second kappa shape index (κ2) is 7.82. The van der Waals surface area contributed by atoms with Crippen molar-refractivity contribution in [1.29, 1.82) is 0 Å². The van der Waals surface area contributed by atoms with E-state index in [0.717, 1.165) is 51.6 Å². The molecule has 1 N–H and O–H groups in total. The molecule has 0 bridgehead atoms. The first kappa shape index (κ1) is 16.3. The van der Waals surface area contributed by atoms with Crippen LogP contribution in [0.5, 0.6) is 0 Å². The Morgan fingerprint density at radius 1 is 1.17 bits per heavy atom. The van der Waals surface area contributed by atoms with Crippen LogP contribution in [-0.4, -0.2) is 54.5 Å². The van der Waals surface area contributed by atoms with Gasteiger partial charge in [-0.05, 0) is 44.2 Å². The molecular weight excluding hydrogens is 284 g/mol. The quantitative estimate of drug-likeness (QED) is 0.684. The van der Waals surface area contributed by atoms with E-state index < -0.39 is 0 Å². The Bertz CT molecular complexity index is 534. The van der Waals surface area contributed by atoms with E-state index in [2.05, 4.69) is 53.2 Å². The molecule has 0 saturated carbocycles. The zero-order valence-corrected chi connectivity index (χ0v) is 14.6. The van der Waals surface area contributed by atoms with Gasteiger partial charge in [-0.2, -0.15) is 0 Å². The summed E-state index contributed by atoms with van der Waals surface area (Å²) >= 11 is 0. The van der Waals surface area contributed by atoms with Gasteiger partial charge in [0.1, 0.15) is 0 Å². The van der Waals surface area contributed by atoms with E-state index in [1.165, 1.54) is 24.0 Å². The number of rotatable bonds is 4. The Balaban J connectivity index is 1.59. The lowest BCUT2D eigenvalue weighted by Crippen LogP contribution is -2.42. The number of nitrogens with zero attached hydrogens (tertiary/aromatic N) is 3. The summed E-state index contributed by atoms with van der Waals surface area (Å²) in [5.74, 6) is 1.11. The minimum atomic E-state index is 0.486. The lowest BCUT2D eigenvalue weighted by Gasteiger charge is -2.33. The molecule has 23 heavy (non-hydrogen) atoms. The second-order valence-corrected chi connectivity index (χ2v) is 6.73. The molecule has 2 aliphatic heterocycles. The maximum Gasteiger partial charge on any atom is 0.193 e. The third-order valence-electron chi connectivity index (χ3n) is 5.03. The van der Waals surface area contributed by atoms with E-state index >= 15 is 0 Å². The lowest BCUT2D eigenvalue weighted by molar-refractivity contribution is 0.195. The molecular formula is C19H30N4. The molecule has 1 fully saturated rings. The fraction of sp³-hybridized carbons (Fsp3) is 0.632. The third-order valence-corrected chi connectivity index (χ3v) is 5.03. The Kier molecular flexibility index (Phi) is 5.55. The van der Waals surface area contributed by atoms with E-state index in [1.54, 1.807) is 0 Å². The van der Waals surface area contributed by atoms with Crippen LogP contribution in [0.2, 0.25) is 0 Å². The highest BCUT2D eigenvalue weighted by molar-refractivity contribution is 5.80. The first-order valence-corrected chi connectivity index (χ1v) is 9.12. The van der Waals surface area contributed by atoms with Crippen LogP contribution in [0.3, 0.4) is 0 Å². The largest absolute Gasteiger partial charge is 0.357 e. The van der Waals surface area contributed by atoms with Crippen molar-refractivity contribution in [3.63, 3.8) is 0 Å². The van der Waals surface area contributed by atoms with Gasteiger partial charge in [-0.3, -0.25) is 9.89 Å². The molecule has 1 aromatic rings. The van der Waals surface area contributed by atoms with Crippen molar-refractivity contribution in [3.8, 4) is 0 Å². The van der Waals surface area contributed by atoms with Crippen LogP contribution in [0.1, 0.15) is 37.8 Å². The van der Waals surface area contributed by atoms with Gasteiger partial charge in [-0.25, -0.2) is 0 Å². The van der Waals surface area contributed by atoms with Gasteiger partial charge in [-0.1, -0.05) is 24.3 Å². The fourth-order valence-corrected chi connectivity index (χ4v) is 3.58. The lowest BCUT2D eigenvalue weighted by atomic mass is 9.99. The molecule has 1 aromatic carbocycles. The molecule has 3 rings (SSSR count). The zero-order chi connectivity index (χ0) is 16.1. The van der Waals surface area contributed by atoms with E-state index in [1.807, 2.05) is 0 Å². The Morgan fingerprint density at radius 2 is 1.91 bits per heavy atom. The first-order chi connectivity index (χ1) is 11.3. The summed E-state index contributed by atoms with van der Waals surface area (Å²) in [6.45, 7) is 10.8. The van der Waals surface area contributed by atoms with Crippen molar-refractivity contribution in [1.82, 2.24) is 15.1 Å². The van der Waals surface area contributed by atoms with Crippen LogP contribution in [-0.2, 0) is 13.0 Å². The van der Waals surface area contributed by atoms with Crippen LogP contribution >= 0.6 is 0 Å². The topological polar surface area (TPSA) is 30.9 Å². The van der Waals surface area contributed by atoms with Crippen molar-refractivity contribution >= 4 is 5.96 Å². The summed E-state index contributed by atoms with van der Waals surface area (Å²) in [5.41, 5.74) is 3.01. The molecule has 0 aliphatic carbocycles. The van der Waals surface area contributed by atoms with E-state index in [-0.39, 0.29) is 0 Å². The molecule has 0 amide bonds. The van der Waals surface area contributed by atoms with Gasteiger partial charge in [0.2, 0.25) is 0 Å². The molecule has 126 valence electrons. The predicted octanol–water partition coefficient (Wildman–Crippen LogP) is 2.49. The number of nitrogens with one attached hydrogen (secondary N) is 1. The summed E-state index contributed by atoms with van der Waals surface area (Å²) in [6.07, 6.45) is 3.75. The molecule has 4 nitrogen and oxygen atoms in total. The summed E-state index contributed by atoms with van der Waals surface area (Å²) in [4.78, 5) is 9.89. The molecule has 2 heterocycles. The summed E-state index contributed by atoms with van der Waals surface area (Å²) in [5, 5.41) is 3.46. The number of fused-ring (bicyclic) bond motifs is 1. The molecule has 1 saturated heterocycles. The zero-order valence-electron chi connectivity index (χ0n) is 14.6. The maximum atomic E-state index is 4.92. The number of aliphatic imine (C=N–C) groups is 1. The van der Waals surface area contributed by atoms with Crippen molar-refractivity contribution < 1.29 is 0 Å². The standard InChI is InChI=1S/C19H30N4/c1-3-20-19(22-11-6-7-12-22)21-14-16(2)23-13-10-17-8-4-5-9-18(17)15-23/h4-5,8-9,16H,3,6-7,10-15H2,1-2H3,(H,20,21). The molecule has 1 atom stereocenters. The molecule has 0 aromatic heterocycles. The number of hydrogen-bond donors (Lipinski definition) is 1. The Labute approximate surface area is 140 Å². The molecule has 2 aliphatic rings. The van der Waals surface area contributed by atoms with E-state index in [0.29, 0.717) is 6.04 Å². The molecule has 0 spiro atoms. The van der Waals surface area contributed by atoms with Crippen LogP contribution < -0.4 is 5.32 Å². The van der Waals surface area contributed by atoms with Crippen LogP contribution in [0, 0.1) is 0 Å². The monoisotopic (exact) mass is 314 g/mol. The summed E-state index contributed by atoms with van der Waals surface area (Å²) in [6, 6.07) is 9.33. The minimum Gasteiger partial charge on any atom is -0.357 e. The number of likely N-dealkylation sites (tertiary alicyclic amines) is 1. The van der Waals surface area contributed by atoms with Crippen LogP contribution in [0.25, 0.3) is 0 Å². The highest BCUT2D eigenvalue weighted by atomic mass is 15.3. The second-order valence-electron chi connectivity index (χ2n) is 6.73. The van der Waals surface area contributed by atoms with Gasteiger partial charge in [-0.15, -0.1) is 0 Å². The number of guanidine groups is 1. The van der Waals surface area contributed by atoms with Crippen LogP contribution in [0.4, 0.5) is 0 Å². The van der Waals surface area contributed by atoms with Gasteiger partial charge in [0.15, 0.2) is 5.96 Å². The summed E-state index contributed by atoms with van der Waals surface area (Å²) < 4.78 is 0. The number of benzene rings is 1. The SMILES string of the molecule is CCNC(=NCC(C)N1CCc2ccccc2C1)N1CCCC1. The smallest absolute Gasteiger partial charge is 0.193 e. The van der Waals surface area contributed by atoms with Crippen molar-refractivity contribution in [2.75, 3.05) is 32.7 Å². The average molecular weight is 314 g/mol. The van der Waals surface area contributed by atoms with E-state index in [4.69, 9.17) is 4.99 Å². The fourth-order valence-electron chi connectivity index (χ4n) is 3.58. The number of hydrogen-bond acceptors (Lipinski definition) is 2. The van der Waals surface area contributed by atoms with Gasteiger partial charge in [0.05, 0.1) is 6.54 Å². The first-order valence-electron chi connectivity index (χ1n) is 9.12. The van der Waals surface area contributed by atoms with Crippen molar-refractivity contribution in [2.45, 2.75) is 45.7 Å². The minimum absolute atomic E-state index is 0.486. The molecule has 0 radical (unpaired) electrons. The Morgan fingerprint density at radius 3 is 2.65 bits per heavy atom. The van der Waals surface area contributed by atoms with Gasteiger partial charge in [0, 0.05) is 38.8 Å². The molecule has 4 heteroatoms. The highest BCUT2D eigenvalue weighted by Gasteiger charge is 2.21. The van der Waals surface area contributed by atoms with Gasteiger partial charge in [0.25, 0.3) is 0 Å². The van der Waals surface area contributed by atoms with Crippen molar-refractivity contribution in [2.24, 2.45) is 4.99 Å².